The highest BCUT2D eigenvalue weighted by Gasteiger charge is 2.12. The van der Waals surface area contributed by atoms with Gasteiger partial charge in [0.2, 0.25) is 0 Å². The number of pyridine rings is 1. The lowest BCUT2D eigenvalue weighted by Gasteiger charge is -2.04. The Morgan fingerprint density at radius 1 is 1.09 bits per heavy atom. The Morgan fingerprint density at radius 2 is 1.95 bits per heavy atom. The van der Waals surface area contributed by atoms with Crippen molar-refractivity contribution >= 4 is 33.4 Å². The third-order valence-electron chi connectivity index (χ3n) is 4.00. The molecular weight excluding hydrogens is 299 g/mol. The van der Waals surface area contributed by atoms with Gasteiger partial charge in [-0.2, -0.15) is 0 Å². The van der Waals surface area contributed by atoms with Gasteiger partial charge in [0, 0.05) is 28.1 Å². The predicted molar refractivity (Wildman–Crippen MR) is 88.7 cm³/mol. The van der Waals surface area contributed by atoms with Gasteiger partial charge in [-0.25, -0.2) is 9.37 Å². The average molecular weight is 311 g/mol. The number of aromatic nitrogens is 2. The lowest BCUT2D eigenvalue weighted by Crippen LogP contribution is -1.86. The molecule has 0 unspecified atom stereocenters. The summed E-state index contributed by atoms with van der Waals surface area (Å²) in [6.07, 6.45) is 1.86. The van der Waals surface area contributed by atoms with Crippen LogP contribution in [0.5, 0.6) is 0 Å². The first-order valence-corrected chi connectivity index (χ1v) is 7.35. The highest BCUT2D eigenvalue weighted by atomic mass is 35.5. The summed E-state index contributed by atoms with van der Waals surface area (Å²) >= 11 is 6.23. The van der Waals surface area contributed by atoms with Crippen LogP contribution in [0, 0.1) is 12.7 Å². The summed E-state index contributed by atoms with van der Waals surface area (Å²) in [5.41, 5.74) is 3.95. The van der Waals surface area contributed by atoms with E-state index in [0.717, 1.165) is 33.1 Å². The number of halogens is 2. The van der Waals surface area contributed by atoms with E-state index in [2.05, 4.69) is 9.97 Å². The standard InChI is InChI=1S/C18H12ClFN2/c1-10-15(20)7-6-12-13(9-21-17(10)12)16-8-5-11-3-2-4-14(19)18(11)22-16/h2-9,21H,1H3. The molecule has 0 aliphatic heterocycles. The van der Waals surface area contributed by atoms with E-state index in [1.54, 1.807) is 13.0 Å². The molecule has 0 fully saturated rings. The van der Waals surface area contributed by atoms with E-state index < -0.39 is 0 Å². The van der Waals surface area contributed by atoms with Crippen LogP contribution in [-0.2, 0) is 0 Å². The molecule has 22 heavy (non-hydrogen) atoms. The molecular formula is C18H12ClFN2. The van der Waals surface area contributed by atoms with Crippen molar-refractivity contribution in [1.82, 2.24) is 9.97 Å². The molecule has 2 heterocycles. The minimum Gasteiger partial charge on any atom is -0.360 e. The van der Waals surface area contributed by atoms with Crippen LogP contribution in [-0.4, -0.2) is 9.97 Å². The second-order valence-electron chi connectivity index (χ2n) is 5.31. The maximum Gasteiger partial charge on any atom is 0.128 e. The van der Waals surface area contributed by atoms with E-state index in [0.29, 0.717) is 10.6 Å². The third-order valence-corrected chi connectivity index (χ3v) is 4.30. The minimum absolute atomic E-state index is 0.213. The van der Waals surface area contributed by atoms with Crippen LogP contribution >= 0.6 is 11.6 Å². The van der Waals surface area contributed by atoms with Crippen molar-refractivity contribution < 1.29 is 4.39 Å². The highest BCUT2D eigenvalue weighted by molar-refractivity contribution is 6.35. The smallest absolute Gasteiger partial charge is 0.128 e. The first kappa shape index (κ1) is 13.3. The Kier molecular flexibility index (Phi) is 2.91. The number of fused-ring (bicyclic) bond motifs is 2. The topological polar surface area (TPSA) is 28.7 Å². The Balaban J connectivity index is 1.99. The lowest BCUT2D eigenvalue weighted by molar-refractivity contribution is 0.620. The molecule has 4 heteroatoms. The number of benzene rings is 2. The van der Waals surface area contributed by atoms with Gasteiger partial charge < -0.3 is 4.98 Å². The van der Waals surface area contributed by atoms with Crippen LogP contribution in [0.2, 0.25) is 5.02 Å². The lowest BCUT2D eigenvalue weighted by atomic mass is 10.1. The number of rotatable bonds is 1. The molecule has 0 atom stereocenters. The van der Waals surface area contributed by atoms with Crippen molar-refractivity contribution in [2.24, 2.45) is 0 Å². The zero-order chi connectivity index (χ0) is 15.3. The molecule has 0 saturated heterocycles. The van der Waals surface area contributed by atoms with E-state index in [4.69, 9.17) is 11.6 Å². The monoisotopic (exact) mass is 310 g/mol. The van der Waals surface area contributed by atoms with Gasteiger partial charge in [-0.15, -0.1) is 0 Å². The number of hydrogen-bond donors (Lipinski definition) is 1. The zero-order valence-corrected chi connectivity index (χ0v) is 12.6. The second-order valence-corrected chi connectivity index (χ2v) is 5.71. The van der Waals surface area contributed by atoms with Gasteiger partial charge in [0.15, 0.2) is 0 Å². The third kappa shape index (κ3) is 1.90. The molecule has 0 amide bonds. The van der Waals surface area contributed by atoms with Gasteiger partial charge in [-0.3, -0.25) is 0 Å². The van der Waals surface area contributed by atoms with Crippen LogP contribution in [0.25, 0.3) is 33.1 Å². The Labute approximate surface area is 131 Å². The summed E-state index contributed by atoms with van der Waals surface area (Å²) in [4.78, 5) is 7.82. The van der Waals surface area contributed by atoms with Gasteiger partial charge in [0.25, 0.3) is 0 Å². The quantitative estimate of drug-likeness (QED) is 0.495. The molecule has 4 aromatic rings. The molecule has 0 radical (unpaired) electrons. The first-order valence-electron chi connectivity index (χ1n) is 6.97. The van der Waals surface area contributed by atoms with E-state index in [9.17, 15) is 4.39 Å². The minimum atomic E-state index is -0.213. The van der Waals surface area contributed by atoms with E-state index in [-0.39, 0.29) is 5.82 Å². The maximum atomic E-state index is 13.7. The fourth-order valence-electron chi connectivity index (χ4n) is 2.79. The number of aromatic amines is 1. The van der Waals surface area contributed by atoms with Gasteiger partial charge in [0.1, 0.15) is 5.82 Å². The number of hydrogen-bond acceptors (Lipinski definition) is 1. The van der Waals surface area contributed by atoms with Gasteiger partial charge in [-0.1, -0.05) is 29.8 Å². The van der Waals surface area contributed by atoms with Crippen molar-refractivity contribution in [1.29, 1.82) is 0 Å². The van der Waals surface area contributed by atoms with Crippen LogP contribution < -0.4 is 0 Å². The van der Waals surface area contributed by atoms with E-state index in [1.165, 1.54) is 6.07 Å². The molecule has 4 rings (SSSR count). The molecule has 0 aliphatic rings. The Hall–Kier alpha value is -2.39. The largest absolute Gasteiger partial charge is 0.360 e. The number of aryl methyl sites for hydroxylation is 1. The normalized spacial score (nSPS) is 11.4. The zero-order valence-electron chi connectivity index (χ0n) is 11.8. The van der Waals surface area contributed by atoms with Gasteiger partial charge in [-0.05, 0) is 31.2 Å². The number of nitrogens with zero attached hydrogens (tertiary/aromatic N) is 1. The van der Waals surface area contributed by atoms with Crippen molar-refractivity contribution in [3.05, 3.63) is 65.1 Å². The summed E-state index contributed by atoms with van der Waals surface area (Å²) < 4.78 is 13.7. The van der Waals surface area contributed by atoms with Crippen molar-refractivity contribution in [3.63, 3.8) is 0 Å². The van der Waals surface area contributed by atoms with Crippen LogP contribution in [0.15, 0.2) is 48.7 Å². The number of para-hydroxylation sites is 1. The summed E-state index contributed by atoms with van der Waals surface area (Å²) in [6, 6.07) is 12.9. The van der Waals surface area contributed by atoms with Crippen LogP contribution in [0.4, 0.5) is 4.39 Å². The summed E-state index contributed by atoms with van der Waals surface area (Å²) in [6.45, 7) is 1.77. The SMILES string of the molecule is Cc1c(F)ccc2c(-c3ccc4cccc(Cl)c4n3)c[nH]c12. The molecule has 0 bridgehead atoms. The Bertz CT molecular complexity index is 1020. The number of H-pyrrole nitrogens is 1. The summed E-state index contributed by atoms with van der Waals surface area (Å²) in [7, 11) is 0. The van der Waals surface area contributed by atoms with Crippen LogP contribution in [0.1, 0.15) is 5.56 Å². The van der Waals surface area contributed by atoms with Crippen molar-refractivity contribution in [2.75, 3.05) is 0 Å². The fourth-order valence-corrected chi connectivity index (χ4v) is 3.02. The van der Waals surface area contributed by atoms with Gasteiger partial charge >= 0.3 is 0 Å². The van der Waals surface area contributed by atoms with Crippen LogP contribution in [0.3, 0.4) is 0 Å². The molecule has 0 saturated carbocycles. The average Bonchev–Trinajstić information content (AvgIpc) is 2.96. The second kappa shape index (κ2) is 4.82. The molecule has 108 valence electrons. The summed E-state index contributed by atoms with van der Waals surface area (Å²) in [5, 5.41) is 2.58. The van der Waals surface area contributed by atoms with Crippen molar-refractivity contribution in [3.8, 4) is 11.3 Å². The molecule has 0 spiro atoms. The molecule has 1 N–H and O–H groups in total. The molecule has 2 aromatic carbocycles. The van der Waals surface area contributed by atoms with E-state index >= 15 is 0 Å². The fraction of sp³-hybridized carbons (Fsp3) is 0.0556. The maximum absolute atomic E-state index is 13.7. The highest BCUT2D eigenvalue weighted by Crippen LogP contribution is 2.32. The summed E-state index contributed by atoms with van der Waals surface area (Å²) in [5.74, 6) is -0.213. The number of nitrogens with one attached hydrogen (secondary N) is 1. The molecule has 0 aliphatic carbocycles. The van der Waals surface area contributed by atoms with E-state index in [1.807, 2.05) is 36.5 Å². The molecule has 2 aromatic heterocycles. The molecule has 2 nitrogen and oxygen atoms in total. The van der Waals surface area contributed by atoms with Crippen molar-refractivity contribution in [2.45, 2.75) is 6.92 Å². The Morgan fingerprint density at radius 3 is 2.82 bits per heavy atom. The first-order chi connectivity index (χ1) is 10.6. The van der Waals surface area contributed by atoms with Gasteiger partial charge in [0.05, 0.1) is 21.7 Å². The predicted octanol–water partition coefficient (Wildman–Crippen LogP) is 5.48.